The number of hydrogen-bond acceptors (Lipinski definition) is 3. The molecule has 4 heteroatoms. The molecule has 2 rings (SSSR count). The van der Waals surface area contributed by atoms with Crippen molar-refractivity contribution in [1.82, 2.24) is 4.98 Å². The number of rotatable bonds is 9. The van der Waals surface area contributed by atoms with Gasteiger partial charge >= 0.3 is 0 Å². The van der Waals surface area contributed by atoms with Crippen LogP contribution in [0.4, 0.5) is 5.69 Å². The predicted octanol–water partition coefficient (Wildman–Crippen LogP) is 5.27. The second-order valence-corrected chi connectivity index (χ2v) is 6.69. The third-order valence-corrected chi connectivity index (χ3v) is 4.80. The summed E-state index contributed by atoms with van der Waals surface area (Å²) < 4.78 is 0. The van der Waals surface area contributed by atoms with E-state index in [1.807, 2.05) is 12.1 Å². The number of fused-ring (bicyclic) bond motifs is 1. The van der Waals surface area contributed by atoms with Gasteiger partial charge in [0.1, 0.15) is 0 Å². The first-order valence-corrected chi connectivity index (χ1v) is 8.93. The number of benzene rings is 1. The number of halogens is 1. The molecule has 2 aromatic rings. The Kier molecular flexibility index (Phi) is 7.13. The maximum atomic E-state index is 9.05. The average molecular weight is 335 g/mol. The summed E-state index contributed by atoms with van der Waals surface area (Å²) in [6.45, 7) is 4.72. The standard InChI is InChI=1S/C19H27ClN2O/c1-3-15(10-12-23)6-4-5-14(2)22-16-7-8-17-18(20)9-11-21-19(17)13-16/h7-9,11,13-15,22-23H,3-6,10,12H2,1-2H3. The average Bonchev–Trinajstić information content (AvgIpc) is 2.54. The van der Waals surface area contributed by atoms with Crippen LogP contribution in [-0.2, 0) is 0 Å². The number of aliphatic hydroxyl groups excluding tert-OH is 1. The van der Waals surface area contributed by atoms with Gasteiger partial charge in [0.2, 0.25) is 0 Å². The Balaban J connectivity index is 1.86. The Morgan fingerprint density at radius 1 is 1.22 bits per heavy atom. The van der Waals surface area contributed by atoms with Crippen molar-refractivity contribution in [2.45, 2.75) is 52.0 Å². The Morgan fingerprint density at radius 2 is 2.04 bits per heavy atom. The van der Waals surface area contributed by atoms with E-state index in [2.05, 4.69) is 36.3 Å². The van der Waals surface area contributed by atoms with Gasteiger partial charge in [0, 0.05) is 29.9 Å². The third kappa shape index (κ3) is 5.36. The van der Waals surface area contributed by atoms with Crippen LogP contribution in [0.25, 0.3) is 10.9 Å². The van der Waals surface area contributed by atoms with E-state index in [0.29, 0.717) is 18.6 Å². The van der Waals surface area contributed by atoms with Crippen LogP contribution < -0.4 is 5.32 Å². The molecule has 0 fully saturated rings. The molecular weight excluding hydrogens is 308 g/mol. The van der Waals surface area contributed by atoms with Gasteiger partial charge in [-0.3, -0.25) is 4.98 Å². The minimum atomic E-state index is 0.305. The van der Waals surface area contributed by atoms with Crippen molar-refractivity contribution in [3.05, 3.63) is 35.5 Å². The molecule has 2 N–H and O–H groups in total. The first kappa shape index (κ1) is 18.0. The fourth-order valence-electron chi connectivity index (χ4n) is 3.01. The predicted molar refractivity (Wildman–Crippen MR) is 99.2 cm³/mol. The molecule has 23 heavy (non-hydrogen) atoms. The lowest BCUT2D eigenvalue weighted by Crippen LogP contribution is -2.15. The zero-order valence-electron chi connectivity index (χ0n) is 14.1. The van der Waals surface area contributed by atoms with Gasteiger partial charge in [-0.1, -0.05) is 37.8 Å². The molecule has 0 aliphatic carbocycles. The zero-order chi connectivity index (χ0) is 16.7. The Bertz CT molecular complexity index is 617. The number of hydrogen-bond donors (Lipinski definition) is 2. The van der Waals surface area contributed by atoms with E-state index in [0.717, 1.165) is 40.9 Å². The van der Waals surface area contributed by atoms with Crippen molar-refractivity contribution in [2.75, 3.05) is 11.9 Å². The van der Waals surface area contributed by atoms with Gasteiger partial charge in [0.25, 0.3) is 0 Å². The molecule has 0 bridgehead atoms. The van der Waals surface area contributed by atoms with Crippen molar-refractivity contribution in [3.63, 3.8) is 0 Å². The third-order valence-electron chi connectivity index (χ3n) is 4.47. The van der Waals surface area contributed by atoms with Gasteiger partial charge < -0.3 is 10.4 Å². The first-order chi connectivity index (χ1) is 11.1. The van der Waals surface area contributed by atoms with E-state index in [-0.39, 0.29) is 0 Å². The molecule has 0 amide bonds. The molecule has 0 aliphatic rings. The lowest BCUT2D eigenvalue weighted by atomic mass is 9.95. The molecule has 0 radical (unpaired) electrons. The summed E-state index contributed by atoms with van der Waals surface area (Å²) in [5.74, 6) is 0.652. The Hall–Kier alpha value is -1.32. The summed E-state index contributed by atoms with van der Waals surface area (Å²) in [4.78, 5) is 4.38. The largest absolute Gasteiger partial charge is 0.396 e. The molecule has 1 aromatic carbocycles. The van der Waals surface area contributed by atoms with Gasteiger partial charge in [0.15, 0.2) is 0 Å². The van der Waals surface area contributed by atoms with E-state index in [1.54, 1.807) is 6.20 Å². The normalized spacial score (nSPS) is 13.9. The van der Waals surface area contributed by atoms with Gasteiger partial charge in [-0.25, -0.2) is 0 Å². The highest BCUT2D eigenvalue weighted by molar-refractivity contribution is 6.35. The molecular formula is C19H27ClN2O. The number of aliphatic hydroxyl groups is 1. The number of pyridine rings is 1. The highest BCUT2D eigenvalue weighted by Crippen LogP contribution is 2.25. The van der Waals surface area contributed by atoms with Crippen LogP contribution in [0.2, 0.25) is 5.02 Å². The minimum absolute atomic E-state index is 0.305. The van der Waals surface area contributed by atoms with E-state index in [4.69, 9.17) is 16.7 Å². The molecule has 0 spiro atoms. The molecule has 2 atom stereocenters. The summed E-state index contributed by atoms with van der Waals surface area (Å²) in [5.41, 5.74) is 2.01. The monoisotopic (exact) mass is 334 g/mol. The molecule has 0 saturated heterocycles. The number of anilines is 1. The number of aromatic nitrogens is 1. The molecule has 3 nitrogen and oxygen atoms in total. The van der Waals surface area contributed by atoms with Crippen LogP contribution in [0.3, 0.4) is 0 Å². The lowest BCUT2D eigenvalue weighted by Gasteiger charge is -2.18. The summed E-state index contributed by atoms with van der Waals surface area (Å²) in [7, 11) is 0. The molecule has 0 aliphatic heterocycles. The number of nitrogens with one attached hydrogen (secondary N) is 1. The smallest absolute Gasteiger partial charge is 0.0737 e. The van der Waals surface area contributed by atoms with Crippen LogP contribution in [0, 0.1) is 5.92 Å². The van der Waals surface area contributed by atoms with Gasteiger partial charge in [0.05, 0.1) is 10.5 Å². The van der Waals surface area contributed by atoms with Crippen LogP contribution in [0.1, 0.15) is 46.0 Å². The van der Waals surface area contributed by atoms with E-state index in [9.17, 15) is 0 Å². The molecule has 0 saturated carbocycles. The highest BCUT2D eigenvalue weighted by atomic mass is 35.5. The summed E-state index contributed by atoms with van der Waals surface area (Å²) in [6, 6.07) is 8.37. The van der Waals surface area contributed by atoms with Crippen molar-refractivity contribution >= 4 is 28.2 Å². The second-order valence-electron chi connectivity index (χ2n) is 6.29. The maximum absolute atomic E-state index is 9.05. The van der Waals surface area contributed by atoms with Crippen LogP contribution in [-0.4, -0.2) is 22.7 Å². The summed E-state index contributed by atoms with van der Waals surface area (Å²) in [5, 5.41) is 14.3. The van der Waals surface area contributed by atoms with E-state index >= 15 is 0 Å². The molecule has 126 valence electrons. The SMILES string of the molecule is CCC(CCO)CCCC(C)Nc1ccc2c(Cl)ccnc2c1. The second kappa shape index (κ2) is 9.09. The topological polar surface area (TPSA) is 45.1 Å². The van der Waals surface area contributed by atoms with Crippen molar-refractivity contribution in [2.24, 2.45) is 5.92 Å². The van der Waals surface area contributed by atoms with Crippen LogP contribution >= 0.6 is 11.6 Å². The summed E-state index contributed by atoms with van der Waals surface area (Å²) in [6.07, 6.45) is 7.32. The fourth-order valence-corrected chi connectivity index (χ4v) is 3.22. The lowest BCUT2D eigenvalue weighted by molar-refractivity contribution is 0.246. The quantitative estimate of drug-likeness (QED) is 0.656. The molecule has 1 heterocycles. The molecule has 2 unspecified atom stereocenters. The van der Waals surface area contributed by atoms with Crippen LogP contribution in [0.15, 0.2) is 30.5 Å². The van der Waals surface area contributed by atoms with Crippen molar-refractivity contribution < 1.29 is 5.11 Å². The number of nitrogens with zero attached hydrogens (tertiary/aromatic N) is 1. The van der Waals surface area contributed by atoms with Crippen molar-refractivity contribution in [1.29, 1.82) is 0 Å². The minimum Gasteiger partial charge on any atom is -0.396 e. The van der Waals surface area contributed by atoms with E-state index < -0.39 is 0 Å². The zero-order valence-corrected chi connectivity index (χ0v) is 14.8. The molecule has 1 aromatic heterocycles. The van der Waals surface area contributed by atoms with Gasteiger partial charge in [-0.05, 0) is 49.9 Å². The highest BCUT2D eigenvalue weighted by Gasteiger charge is 2.08. The Labute approximate surface area is 144 Å². The van der Waals surface area contributed by atoms with Crippen molar-refractivity contribution in [3.8, 4) is 0 Å². The Morgan fingerprint density at radius 3 is 2.78 bits per heavy atom. The first-order valence-electron chi connectivity index (χ1n) is 8.55. The van der Waals surface area contributed by atoms with Gasteiger partial charge in [-0.2, -0.15) is 0 Å². The fraction of sp³-hybridized carbons (Fsp3) is 0.526. The van der Waals surface area contributed by atoms with Crippen LogP contribution in [0.5, 0.6) is 0 Å². The summed E-state index contributed by atoms with van der Waals surface area (Å²) >= 11 is 6.17. The van der Waals surface area contributed by atoms with E-state index in [1.165, 1.54) is 12.8 Å². The van der Waals surface area contributed by atoms with Gasteiger partial charge in [-0.15, -0.1) is 0 Å². The maximum Gasteiger partial charge on any atom is 0.0737 e.